The number of hydrogen-bond donors (Lipinski definition) is 6. The van der Waals surface area contributed by atoms with Crippen molar-refractivity contribution in [2.24, 2.45) is 20.5 Å². The number of aromatic nitrogens is 4. The first-order valence-corrected chi connectivity index (χ1v) is 19.7. The average molecular weight is 865 g/mol. The van der Waals surface area contributed by atoms with Gasteiger partial charge in [0.1, 0.15) is 38.2 Å². The van der Waals surface area contributed by atoms with Crippen molar-refractivity contribution >= 4 is 81.2 Å². The highest BCUT2D eigenvalue weighted by Crippen LogP contribution is 2.43. The van der Waals surface area contributed by atoms with Gasteiger partial charge in [0.25, 0.3) is 36.3 Å². The number of rotatable bonds is 12. The monoisotopic (exact) mass is 864 g/mol. The Bertz CT molecular complexity index is 3030. The molecule has 6 N–H and O–H groups in total. The summed E-state index contributed by atoms with van der Waals surface area (Å²) in [6, 6.07) is 11.3. The minimum atomic E-state index is -5.19. The summed E-state index contributed by atoms with van der Waals surface area (Å²) in [4.78, 5) is 10.1. The number of halogens is 4. The zero-order valence-corrected chi connectivity index (χ0v) is 30.6. The number of anilines is 3. The fraction of sp³-hybridized carbons (Fsp3) is 0.0323. The molecule has 0 aliphatic heterocycles. The maximum Gasteiger partial charge on any atom is 0.313 e. The summed E-state index contributed by atoms with van der Waals surface area (Å²) < 4.78 is 158. The summed E-state index contributed by atoms with van der Waals surface area (Å²) in [5.41, 5.74) is -2.09. The van der Waals surface area contributed by atoms with Crippen molar-refractivity contribution in [3.8, 4) is 5.75 Å². The molecule has 2 heterocycles. The molecule has 0 aliphatic rings. The number of azo groups is 2. The predicted octanol–water partition coefficient (Wildman–Crippen LogP) is 6.61. The molecule has 27 heteroatoms. The fourth-order valence-electron chi connectivity index (χ4n) is 5.04. The Morgan fingerprint density at radius 1 is 0.672 bits per heavy atom. The van der Waals surface area contributed by atoms with Gasteiger partial charge in [-0.1, -0.05) is 6.07 Å². The number of phenolic OH excluding ortho intramolecular Hbond substituents is 1. The van der Waals surface area contributed by atoms with Crippen LogP contribution in [0.5, 0.6) is 5.75 Å². The first kappa shape index (κ1) is 41.0. The topological polar surface area (TPSA) is 308 Å². The lowest BCUT2D eigenvalue weighted by molar-refractivity contribution is 0.472. The van der Waals surface area contributed by atoms with Gasteiger partial charge in [0, 0.05) is 23.7 Å². The summed E-state index contributed by atoms with van der Waals surface area (Å²) in [6.07, 6.45) is -0.671. The third kappa shape index (κ3) is 9.30. The van der Waals surface area contributed by atoms with Crippen LogP contribution in [0.4, 0.5) is 57.6 Å². The fourth-order valence-corrected chi connectivity index (χ4v) is 7.08. The summed E-state index contributed by atoms with van der Waals surface area (Å²) in [5.74, 6) is -5.91. The number of nitrogens with zero attached hydrogens (tertiary/aromatic N) is 8. The maximum atomic E-state index is 13.9. The van der Waals surface area contributed by atoms with Gasteiger partial charge in [0.2, 0.25) is 11.8 Å². The van der Waals surface area contributed by atoms with Crippen LogP contribution >= 0.6 is 0 Å². The molecule has 58 heavy (non-hydrogen) atoms. The predicted molar refractivity (Wildman–Crippen MR) is 191 cm³/mol. The average Bonchev–Trinajstić information content (AvgIpc) is 3.13. The van der Waals surface area contributed by atoms with E-state index in [2.05, 4.69) is 51.0 Å². The van der Waals surface area contributed by atoms with E-state index in [1.807, 2.05) is 0 Å². The van der Waals surface area contributed by atoms with Crippen molar-refractivity contribution in [2.75, 3.05) is 10.6 Å². The molecule has 2 aromatic heterocycles. The first-order chi connectivity index (χ1) is 27.2. The molecule has 0 amide bonds. The van der Waals surface area contributed by atoms with Gasteiger partial charge in [0.15, 0.2) is 11.6 Å². The van der Waals surface area contributed by atoms with E-state index in [4.69, 9.17) is 0 Å². The summed E-state index contributed by atoms with van der Waals surface area (Å²) in [6.45, 7) is -0.480. The molecule has 4 aromatic carbocycles. The lowest BCUT2D eigenvalue weighted by Gasteiger charge is -2.11. The number of nitrogens with one attached hydrogen (secondary N) is 2. The van der Waals surface area contributed by atoms with Crippen LogP contribution in [0, 0.1) is 23.8 Å². The van der Waals surface area contributed by atoms with Gasteiger partial charge in [-0.05, 0) is 65.5 Å². The minimum absolute atomic E-state index is 0.0539. The first-order valence-electron chi connectivity index (χ1n) is 15.4. The molecular formula is C31H20F4N10O10S3. The van der Waals surface area contributed by atoms with E-state index in [0.29, 0.717) is 6.33 Å². The zero-order valence-electron chi connectivity index (χ0n) is 28.2. The molecule has 0 aliphatic carbocycles. The second kappa shape index (κ2) is 15.7. The standard InChI is InChI=1S/C31H20F4N10O10S3/c32-24-11-25(41-31(35)40-24)39-16-3-5-19-15(7-16)8-23(58(53,54)55)27(28(19)46)45-44-20-6-4-18(10-22(20)57(50,51)52)43-42-17-2-1-14(21(9-17)56(47,48)49)12-36-30-26(33)29(34)37-13-38-30/h1-11,13,46H,12H2,(H,36,37,38)(H,39,40,41)(H,47,48,49)(H,50,51,52)(H,53,54,55). The summed E-state index contributed by atoms with van der Waals surface area (Å²) >= 11 is 0. The molecule has 0 spiro atoms. The Labute approximate surface area is 322 Å². The molecule has 300 valence electrons. The number of fused-ring (bicyclic) bond motifs is 1. The second-order valence-corrected chi connectivity index (χ2v) is 15.6. The van der Waals surface area contributed by atoms with Crippen LogP contribution < -0.4 is 10.6 Å². The van der Waals surface area contributed by atoms with Crippen molar-refractivity contribution in [3.63, 3.8) is 0 Å². The molecule has 6 aromatic rings. The number of aromatic hydroxyl groups is 1. The number of benzene rings is 4. The van der Waals surface area contributed by atoms with E-state index in [1.165, 1.54) is 24.3 Å². The van der Waals surface area contributed by atoms with Crippen molar-refractivity contribution in [2.45, 2.75) is 21.2 Å². The van der Waals surface area contributed by atoms with Crippen LogP contribution in [-0.4, -0.2) is 64.0 Å². The van der Waals surface area contributed by atoms with E-state index >= 15 is 0 Å². The van der Waals surface area contributed by atoms with E-state index in [-0.39, 0.29) is 39.2 Å². The molecule has 0 saturated carbocycles. The molecule has 0 radical (unpaired) electrons. The normalized spacial score (nSPS) is 12.5. The molecule has 0 fully saturated rings. The zero-order chi connectivity index (χ0) is 42.2. The van der Waals surface area contributed by atoms with E-state index in [0.717, 1.165) is 42.5 Å². The molecular weight excluding hydrogens is 845 g/mol. The van der Waals surface area contributed by atoms with Gasteiger partial charge >= 0.3 is 6.08 Å². The van der Waals surface area contributed by atoms with Gasteiger partial charge in [0.05, 0.1) is 11.4 Å². The highest BCUT2D eigenvalue weighted by Gasteiger charge is 2.24. The Morgan fingerprint density at radius 2 is 1.33 bits per heavy atom. The van der Waals surface area contributed by atoms with Gasteiger partial charge in [-0.25, -0.2) is 9.97 Å². The summed E-state index contributed by atoms with van der Waals surface area (Å²) in [7, 11) is -15.3. The number of hydrogen-bond acceptors (Lipinski definition) is 17. The third-order valence-electron chi connectivity index (χ3n) is 7.55. The van der Waals surface area contributed by atoms with Crippen LogP contribution in [-0.2, 0) is 36.9 Å². The molecule has 20 nitrogen and oxygen atoms in total. The van der Waals surface area contributed by atoms with Crippen molar-refractivity contribution < 1.29 is 61.6 Å². The quantitative estimate of drug-likeness (QED) is 0.0248. The molecule has 0 bridgehead atoms. The second-order valence-electron chi connectivity index (χ2n) is 11.4. The van der Waals surface area contributed by atoms with E-state index < -0.39 is 98.3 Å². The Morgan fingerprint density at radius 3 is 1.98 bits per heavy atom. The van der Waals surface area contributed by atoms with E-state index in [1.54, 1.807) is 0 Å². The van der Waals surface area contributed by atoms with Crippen molar-refractivity contribution in [1.29, 1.82) is 0 Å². The Hall–Kier alpha value is -6.65. The summed E-state index contributed by atoms with van der Waals surface area (Å²) in [5, 5.41) is 30.7. The Kier molecular flexibility index (Phi) is 11.1. The van der Waals surface area contributed by atoms with Crippen LogP contribution in [0.2, 0.25) is 0 Å². The third-order valence-corrected chi connectivity index (χ3v) is 10.2. The highest BCUT2D eigenvalue weighted by atomic mass is 32.2. The van der Waals surface area contributed by atoms with Gasteiger partial charge in [-0.15, -0.1) is 10.2 Å². The molecule has 0 atom stereocenters. The Balaban J connectivity index is 1.31. The van der Waals surface area contributed by atoms with Gasteiger partial charge in [-0.2, -0.15) is 63.0 Å². The van der Waals surface area contributed by atoms with Crippen LogP contribution in [0.1, 0.15) is 5.56 Å². The largest absolute Gasteiger partial charge is 0.505 e. The SMILES string of the molecule is O=S(=O)(O)c1cc(N=Nc2ccc(N=Nc3c(S(=O)(=O)O)cc4cc(Nc5cc(F)nc(F)n5)ccc4c3O)c(S(=O)(=O)O)c2)ccc1CNc1ncnc(F)c1F. The molecule has 0 saturated heterocycles. The van der Waals surface area contributed by atoms with Gasteiger partial charge in [-0.3, -0.25) is 13.7 Å². The highest BCUT2D eigenvalue weighted by molar-refractivity contribution is 7.86. The van der Waals surface area contributed by atoms with E-state index in [9.17, 15) is 61.6 Å². The van der Waals surface area contributed by atoms with Crippen molar-refractivity contribution in [1.82, 2.24) is 19.9 Å². The smallest absolute Gasteiger partial charge is 0.313 e. The van der Waals surface area contributed by atoms with Crippen LogP contribution in [0.3, 0.4) is 0 Å². The number of phenols is 1. The maximum absolute atomic E-state index is 13.9. The minimum Gasteiger partial charge on any atom is -0.505 e. The van der Waals surface area contributed by atoms with Crippen LogP contribution in [0.25, 0.3) is 10.8 Å². The lowest BCUT2D eigenvalue weighted by Crippen LogP contribution is -2.10. The van der Waals surface area contributed by atoms with Crippen molar-refractivity contribution in [3.05, 3.63) is 102 Å². The molecule has 6 rings (SSSR count). The molecule has 0 unspecified atom stereocenters. The van der Waals surface area contributed by atoms with Gasteiger partial charge < -0.3 is 15.7 Å². The lowest BCUT2D eigenvalue weighted by atomic mass is 10.1. The van der Waals surface area contributed by atoms with Crippen LogP contribution in [0.15, 0.2) is 108 Å².